The van der Waals surface area contributed by atoms with Gasteiger partial charge in [-0.15, -0.1) is 0 Å². The average molecular weight is 889 g/mol. The fraction of sp³-hybridized carbons (Fsp3) is 0.912. The van der Waals surface area contributed by atoms with Crippen LogP contribution in [0, 0.1) is 0 Å². The van der Waals surface area contributed by atoms with Gasteiger partial charge in [-0.2, -0.15) is 0 Å². The molecular weight excluding hydrogens is 781 g/mol. The minimum Gasteiger partial charge on any atom is -0.462 e. The van der Waals surface area contributed by atoms with Crippen molar-refractivity contribution in [3.63, 3.8) is 0 Å². The van der Waals surface area contributed by atoms with Gasteiger partial charge in [0.25, 0.3) is 0 Å². The van der Waals surface area contributed by atoms with Crippen molar-refractivity contribution in [3.8, 4) is 0 Å². The fourth-order valence-corrected chi connectivity index (χ4v) is 8.50. The molecule has 0 spiro atoms. The lowest BCUT2D eigenvalue weighted by Crippen LogP contribution is -2.30. The number of ether oxygens (including phenoxy) is 3. The molecule has 0 saturated heterocycles. The van der Waals surface area contributed by atoms with Crippen molar-refractivity contribution >= 4 is 17.9 Å². The van der Waals surface area contributed by atoms with E-state index in [4.69, 9.17) is 14.2 Å². The number of unbranched alkanes of at least 4 members (excludes halogenated alkanes) is 39. The molecule has 63 heavy (non-hydrogen) atoms. The van der Waals surface area contributed by atoms with E-state index in [0.29, 0.717) is 19.3 Å². The molecule has 1 unspecified atom stereocenters. The van der Waals surface area contributed by atoms with E-state index in [9.17, 15) is 14.4 Å². The van der Waals surface area contributed by atoms with Gasteiger partial charge in [-0.3, -0.25) is 14.4 Å². The van der Waals surface area contributed by atoms with Crippen molar-refractivity contribution in [2.24, 2.45) is 0 Å². The third kappa shape index (κ3) is 51.0. The molecule has 1 atom stereocenters. The Bertz CT molecular complexity index is 978. The normalized spacial score (nSPS) is 12.0. The monoisotopic (exact) mass is 889 g/mol. The van der Waals surface area contributed by atoms with Gasteiger partial charge in [0.1, 0.15) is 13.2 Å². The van der Waals surface area contributed by atoms with Crippen LogP contribution in [0.5, 0.6) is 0 Å². The lowest BCUT2D eigenvalue weighted by atomic mass is 10.0. The van der Waals surface area contributed by atoms with E-state index < -0.39 is 6.10 Å². The highest BCUT2D eigenvalue weighted by atomic mass is 16.6. The van der Waals surface area contributed by atoms with Gasteiger partial charge < -0.3 is 14.2 Å². The fourth-order valence-electron chi connectivity index (χ4n) is 8.50. The van der Waals surface area contributed by atoms with Gasteiger partial charge >= 0.3 is 17.9 Å². The first-order valence-electron chi connectivity index (χ1n) is 28.2. The SMILES string of the molecule is CCCCCCCC/C=C/CCCCCC(=O)OCC(COC(=O)CCCCCCCCCCCCCCCCCCC)OC(=O)CCCCCCCCCCCCCCCCC. The Morgan fingerprint density at radius 1 is 0.302 bits per heavy atom. The molecule has 0 aromatic rings. The van der Waals surface area contributed by atoms with Gasteiger partial charge in [0.2, 0.25) is 0 Å². The van der Waals surface area contributed by atoms with Crippen LogP contribution < -0.4 is 0 Å². The molecule has 0 heterocycles. The molecule has 0 rings (SSSR count). The largest absolute Gasteiger partial charge is 0.462 e. The number of allylic oxidation sites excluding steroid dienone is 2. The van der Waals surface area contributed by atoms with E-state index in [2.05, 4.69) is 32.9 Å². The zero-order chi connectivity index (χ0) is 45.8. The number of rotatable bonds is 52. The number of carbonyl (C=O) groups excluding carboxylic acids is 3. The third-order valence-electron chi connectivity index (χ3n) is 12.8. The lowest BCUT2D eigenvalue weighted by Gasteiger charge is -2.18. The van der Waals surface area contributed by atoms with Crippen LogP contribution in [-0.4, -0.2) is 37.2 Å². The molecule has 0 aromatic carbocycles. The van der Waals surface area contributed by atoms with E-state index in [-0.39, 0.29) is 31.1 Å². The second kappa shape index (κ2) is 52.8. The maximum atomic E-state index is 12.8. The Kier molecular flexibility index (Phi) is 51.2. The van der Waals surface area contributed by atoms with Gasteiger partial charge in [-0.05, 0) is 44.9 Å². The zero-order valence-electron chi connectivity index (χ0n) is 42.6. The molecule has 0 bridgehead atoms. The molecule has 0 aliphatic heterocycles. The first-order valence-corrected chi connectivity index (χ1v) is 28.2. The number of esters is 3. The van der Waals surface area contributed by atoms with Gasteiger partial charge in [-0.25, -0.2) is 0 Å². The Balaban J connectivity index is 4.31. The van der Waals surface area contributed by atoms with Crippen LogP contribution in [0.1, 0.15) is 316 Å². The Morgan fingerprint density at radius 2 is 0.524 bits per heavy atom. The highest BCUT2D eigenvalue weighted by Crippen LogP contribution is 2.17. The molecule has 6 nitrogen and oxygen atoms in total. The maximum Gasteiger partial charge on any atom is 0.306 e. The Morgan fingerprint density at radius 3 is 0.810 bits per heavy atom. The summed E-state index contributed by atoms with van der Waals surface area (Å²) in [7, 11) is 0. The Hall–Kier alpha value is -1.85. The lowest BCUT2D eigenvalue weighted by molar-refractivity contribution is -0.167. The molecule has 0 aliphatic carbocycles. The highest BCUT2D eigenvalue weighted by Gasteiger charge is 2.19. The van der Waals surface area contributed by atoms with E-state index in [0.717, 1.165) is 64.2 Å². The third-order valence-corrected chi connectivity index (χ3v) is 12.8. The molecule has 0 fully saturated rings. The average Bonchev–Trinajstić information content (AvgIpc) is 3.28. The van der Waals surface area contributed by atoms with Crippen molar-refractivity contribution in [1.82, 2.24) is 0 Å². The molecule has 6 heteroatoms. The summed E-state index contributed by atoms with van der Waals surface area (Å²) in [5.41, 5.74) is 0. The van der Waals surface area contributed by atoms with Crippen molar-refractivity contribution < 1.29 is 28.6 Å². The minimum atomic E-state index is -0.769. The predicted octanol–water partition coefficient (Wildman–Crippen LogP) is 18.5. The predicted molar refractivity (Wildman–Crippen MR) is 270 cm³/mol. The number of carbonyl (C=O) groups is 3. The van der Waals surface area contributed by atoms with Crippen LogP contribution >= 0.6 is 0 Å². The molecule has 0 amide bonds. The molecule has 0 aliphatic rings. The van der Waals surface area contributed by atoms with E-state index in [1.165, 1.54) is 212 Å². The minimum absolute atomic E-state index is 0.0687. The zero-order valence-corrected chi connectivity index (χ0v) is 42.6. The quantitative estimate of drug-likeness (QED) is 0.0262. The summed E-state index contributed by atoms with van der Waals surface area (Å²) < 4.78 is 16.8. The molecule has 0 aromatic heterocycles. The summed E-state index contributed by atoms with van der Waals surface area (Å²) in [5, 5.41) is 0. The van der Waals surface area contributed by atoms with Crippen LogP contribution in [0.25, 0.3) is 0 Å². The standard InChI is InChI=1S/C57H108O6/c1-4-7-10-13-16-19-22-25-27-28-30-32-35-38-41-44-47-50-56(59)62-53-54(52-61-55(58)49-46-43-40-37-34-31-24-21-18-15-12-9-6-3)63-57(60)51-48-45-42-39-36-33-29-26-23-20-17-14-11-8-5-2/h31,34,54H,4-30,32-33,35-53H2,1-3H3/b34-31+. The highest BCUT2D eigenvalue weighted by molar-refractivity contribution is 5.71. The van der Waals surface area contributed by atoms with E-state index >= 15 is 0 Å². The topological polar surface area (TPSA) is 78.9 Å². The summed E-state index contributed by atoms with van der Waals surface area (Å²) in [4.78, 5) is 38.1. The smallest absolute Gasteiger partial charge is 0.306 e. The second-order valence-corrected chi connectivity index (χ2v) is 19.2. The van der Waals surface area contributed by atoms with Crippen LogP contribution in [0.4, 0.5) is 0 Å². The maximum absolute atomic E-state index is 12.8. The first kappa shape index (κ1) is 61.1. The van der Waals surface area contributed by atoms with Crippen molar-refractivity contribution in [3.05, 3.63) is 12.2 Å². The van der Waals surface area contributed by atoms with Crippen LogP contribution in [-0.2, 0) is 28.6 Å². The van der Waals surface area contributed by atoms with Crippen LogP contribution in [0.3, 0.4) is 0 Å². The molecule has 0 saturated carbocycles. The van der Waals surface area contributed by atoms with Gasteiger partial charge in [0.15, 0.2) is 6.10 Å². The summed E-state index contributed by atoms with van der Waals surface area (Å²) in [6.45, 7) is 6.67. The van der Waals surface area contributed by atoms with Gasteiger partial charge in [-0.1, -0.05) is 264 Å². The molecular formula is C57H108O6. The second-order valence-electron chi connectivity index (χ2n) is 19.2. The summed E-state index contributed by atoms with van der Waals surface area (Å²) in [5.74, 6) is -0.863. The first-order chi connectivity index (χ1) is 31.0. The Labute approximate surface area is 392 Å². The molecule has 0 radical (unpaired) electrons. The van der Waals surface area contributed by atoms with Crippen molar-refractivity contribution in [2.45, 2.75) is 322 Å². The number of hydrogen-bond donors (Lipinski definition) is 0. The van der Waals surface area contributed by atoms with Crippen LogP contribution in [0.15, 0.2) is 12.2 Å². The van der Waals surface area contributed by atoms with E-state index in [1.54, 1.807) is 0 Å². The number of hydrogen-bond acceptors (Lipinski definition) is 6. The summed E-state index contributed by atoms with van der Waals surface area (Å²) in [6, 6.07) is 0. The summed E-state index contributed by atoms with van der Waals surface area (Å²) in [6.07, 6.45) is 59.1. The van der Waals surface area contributed by atoms with Gasteiger partial charge in [0.05, 0.1) is 0 Å². The molecule has 0 N–H and O–H groups in total. The van der Waals surface area contributed by atoms with E-state index in [1.807, 2.05) is 0 Å². The van der Waals surface area contributed by atoms with Gasteiger partial charge in [0, 0.05) is 19.3 Å². The van der Waals surface area contributed by atoms with Crippen molar-refractivity contribution in [1.29, 1.82) is 0 Å². The van der Waals surface area contributed by atoms with Crippen LogP contribution in [0.2, 0.25) is 0 Å². The summed E-state index contributed by atoms with van der Waals surface area (Å²) >= 11 is 0. The molecule has 372 valence electrons. The van der Waals surface area contributed by atoms with Crippen molar-refractivity contribution in [2.75, 3.05) is 13.2 Å².